The van der Waals surface area contributed by atoms with Crippen molar-refractivity contribution < 1.29 is 14.8 Å². The van der Waals surface area contributed by atoms with E-state index in [2.05, 4.69) is 10.3 Å². The number of aromatic nitrogens is 1. The highest BCUT2D eigenvalue weighted by Crippen LogP contribution is 2.26. The molecule has 0 saturated heterocycles. The highest BCUT2D eigenvalue weighted by molar-refractivity contribution is 6.34. The molecule has 1 aromatic heterocycles. The molecule has 7 nitrogen and oxygen atoms in total. The van der Waals surface area contributed by atoms with E-state index in [4.69, 9.17) is 11.6 Å². The molecule has 1 amide bonds. The molecule has 98 valence electrons. The third-order valence-electron chi connectivity index (χ3n) is 2.32. The van der Waals surface area contributed by atoms with Crippen LogP contribution in [0.15, 0.2) is 30.5 Å². The third kappa shape index (κ3) is 2.83. The fraction of sp³-hybridized carbons (Fsp3) is 0. The Kier molecular flexibility index (Phi) is 3.39. The van der Waals surface area contributed by atoms with Gasteiger partial charge in [-0.1, -0.05) is 11.6 Å². The first-order valence-electron chi connectivity index (χ1n) is 5.10. The fourth-order valence-corrected chi connectivity index (χ4v) is 1.64. The van der Waals surface area contributed by atoms with Gasteiger partial charge in [0, 0.05) is 12.1 Å². The van der Waals surface area contributed by atoms with Crippen molar-refractivity contribution in [2.75, 3.05) is 5.32 Å². The van der Waals surface area contributed by atoms with Gasteiger partial charge in [-0.2, -0.15) is 0 Å². The van der Waals surface area contributed by atoms with E-state index in [1.807, 2.05) is 0 Å². The minimum Gasteiger partial charge on any atom is -0.508 e. The van der Waals surface area contributed by atoms with Crippen LogP contribution in [0.25, 0.3) is 0 Å². The molecule has 0 spiro atoms. The van der Waals surface area contributed by atoms with E-state index in [0.717, 1.165) is 12.3 Å². The lowest BCUT2D eigenvalue weighted by Gasteiger charge is -2.05. The molecule has 0 fully saturated rings. The smallest absolute Gasteiger partial charge is 0.287 e. The second kappa shape index (κ2) is 4.99. The number of benzene rings is 1. The molecule has 2 aromatic rings. The molecule has 0 unspecified atom stereocenters. The number of rotatable bonds is 3. The summed E-state index contributed by atoms with van der Waals surface area (Å²) in [6.45, 7) is 0. The van der Waals surface area contributed by atoms with Gasteiger partial charge >= 0.3 is 0 Å². The number of carbonyl (C=O) groups excluding carboxylic acids is 1. The number of nitrogens with zero attached hydrogens (tertiary/aromatic N) is 1. The van der Waals surface area contributed by atoms with Crippen molar-refractivity contribution in [3.05, 3.63) is 51.3 Å². The molecule has 1 heterocycles. The summed E-state index contributed by atoms with van der Waals surface area (Å²) in [5.74, 6) is -0.598. The zero-order valence-corrected chi connectivity index (χ0v) is 10.1. The van der Waals surface area contributed by atoms with E-state index < -0.39 is 10.8 Å². The minimum atomic E-state index is -0.610. The number of anilines is 1. The van der Waals surface area contributed by atoms with Crippen molar-refractivity contribution in [2.45, 2.75) is 0 Å². The van der Waals surface area contributed by atoms with Crippen LogP contribution >= 0.6 is 11.6 Å². The van der Waals surface area contributed by atoms with Crippen LogP contribution in [0.5, 0.6) is 5.75 Å². The molecular formula is C11H8ClN3O4. The molecule has 0 radical (unpaired) electrons. The van der Waals surface area contributed by atoms with Crippen LogP contribution in [0.3, 0.4) is 0 Å². The van der Waals surface area contributed by atoms with Crippen LogP contribution in [0.2, 0.25) is 5.02 Å². The second-order valence-electron chi connectivity index (χ2n) is 3.65. The topological polar surface area (TPSA) is 108 Å². The molecule has 8 heteroatoms. The van der Waals surface area contributed by atoms with Gasteiger partial charge in [0.05, 0.1) is 21.8 Å². The molecule has 0 saturated carbocycles. The summed E-state index contributed by atoms with van der Waals surface area (Å²) in [5, 5.41) is 22.3. The second-order valence-corrected chi connectivity index (χ2v) is 4.05. The number of aromatic amines is 1. The standard InChI is InChI=1S/C11H8ClN3O4/c12-8-4-7(16)1-2-9(8)14-11(17)10-3-6(5-13-10)15(18)19/h1-5,13,16H,(H,14,17). The van der Waals surface area contributed by atoms with Crippen molar-refractivity contribution in [3.8, 4) is 5.75 Å². The number of nitrogens with one attached hydrogen (secondary N) is 2. The van der Waals surface area contributed by atoms with Gasteiger partial charge in [0.15, 0.2) is 0 Å². The molecule has 3 N–H and O–H groups in total. The molecule has 19 heavy (non-hydrogen) atoms. The molecule has 0 aliphatic carbocycles. The summed E-state index contributed by atoms with van der Waals surface area (Å²) in [6.07, 6.45) is 1.12. The maximum atomic E-state index is 11.8. The number of hydrogen-bond acceptors (Lipinski definition) is 4. The van der Waals surface area contributed by atoms with Gasteiger partial charge in [0.2, 0.25) is 0 Å². The average molecular weight is 282 g/mol. The number of H-pyrrole nitrogens is 1. The summed E-state index contributed by atoms with van der Waals surface area (Å²) < 4.78 is 0. The molecule has 1 aromatic carbocycles. The Morgan fingerprint density at radius 1 is 1.42 bits per heavy atom. The molecule has 0 bridgehead atoms. The van der Waals surface area contributed by atoms with E-state index in [-0.39, 0.29) is 22.2 Å². The quantitative estimate of drug-likeness (QED) is 0.456. The van der Waals surface area contributed by atoms with Gasteiger partial charge in [-0.25, -0.2) is 0 Å². The summed E-state index contributed by atoms with van der Waals surface area (Å²) in [7, 11) is 0. The third-order valence-corrected chi connectivity index (χ3v) is 2.64. The normalized spacial score (nSPS) is 10.2. The lowest BCUT2D eigenvalue weighted by atomic mass is 10.3. The Hall–Kier alpha value is -2.54. The SMILES string of the molecule is O=C(Nc1ccc(O)cc1Cl)c1cc([N+](=O)[O-])c[nH]1. The number of phenolic OH excluding ortho intramolecular Hbond substituents is 1. The predicted octanol–water partition coefficient (Wildman–Crippen LogP) is 2.53. The van der Waals surface area contributed by atoms with Crippen molar-refractivity contribution >= 4 is 28.9 Å². The Balaban J connectivity index is 2.18. The Bertz CT molecular complexity index is 653. The zero-order valence-electron chi connectivity index (χ0n) is 9.38. The number of amides is 1. The highest BCUT2D eigenvalue weighted by Gasteiger charge is 2.15. The molecule has 0 aliphatic rings. The summed E-state index contributed by atoms with van der Waals surface area (Å²) in [4.78, 5) is 24.2. The fourth-order valence-electron chi connectivity index (χ4n) is 1.41. The van der Waals surface area contributed by atoms with E-state index in [1.54, 1.807) is 0 Å². The molecule has 2 rings (SSSR count). The largest absolute Gasteiger partial charge is 0.508 e. The van der Waals surface area contributed by atoms with Gasteiger partial charge < -0.3 is 15.4 Å². The first-order chi connectivity index (χ1) is 8.97. The van der Waals surface area contributed by atoms with E-state index in [0.29, 0.717) is 5.69 Å². The monoisotopic (exact) mass is 281 g/mol. The van der Waals surface area contributed by atoms with Crippen LogP contribution < -0.4 is 5.32 Å². The number of halogens is 1. The van der Waals surface area contributed by atoms with Gasteiger partial charge in [-0.15, -0.1) is 0 Å². The lowest BCUT2D eigenvalue weighted by Crippen LogP contribution is -2.12. The summed E-state index contributed by atoms with van der Waals surface area (Å²) >= 11 is 5.82. The minimum absolute atomic E-state index is 0.0292. The lowest BCUT2D eigenvalue weighted by molar-refractivity contribution is -0.384. The van der Waals surface area contributed by atoms with Gasteiger partial charge in [-0.3, -0.25) is 14.9 Å². The Morgan fingerprint density at radius 3 is 2.74 bits per heavy atom. The number of phenols is 1. The number of hydrogen-bond donors (Lipinski definition) is 3. The molecular weight excluding hydrogens is 274 g/mol. The van der Waals surface area contributed by atoms with E-state index in [1.165, 1.54) is 18.2 Å². The van der Waals surface area contributed by atoms with Crippen molar-refractivity contribution in [1.82, 2.24) is 4.98 Å². The first-order valence-corrected chi connectivity index (χ1v) is 5.48. The van der Waals surface area contributed by atoms with Crippen molar-refractivity contribution in [3.63, 3.8) is 0 Å². The molecule has 0 aliphatic heterocycles. The van der Waals surface area contributed by atoms with Crippen molar-refractivity contribution in [1.29, 1.82) is 0 Å². The van der Waals surface area contributed by atoms with Gasteiger partial charge in [0.1, 0.15) is 11.4 Å². The number of carbonyl (C=O) groups is 1. The Morgan fingerprint density at radius 2 is 2.16 bits per heavy atom. The average Bonchev–Trinajstić information content (AvgIpc) is 2.82. The van der Waals surface area contributed by atoms with Crippen LogP contribution in [-0.2, 0) is 0 Å². The molecule has 0 atom stereocenters. The zero-order chi connectivity index (χ0) is 14.0. The van der Waals surface area contributed by atoms with E-state index >= 15 is 0 Å². The maximum absolute atomic E-state index is 11.8. The van der Waals surface area contributed by atoms with E-state index in [9.17, 15) is 20.0 Å². The van der Waals surface area contributed by atoms with Crippen LogP contribution in [0.4, 0.5) is 11.4 Å². The summed E-state index contributed by atoms with van der Waals surface area (Å²) in [6, 6.07) is 5.17. The van der Waals surface area contributed by atoms with Gasteiger partial charge in [-0.05, 0) is 12.1 Å². The van der Waals surface area contributed by atoms with Crippen LogP contribution in [0, 0.1) is 10.1 Å². The Labute approximate surface area is 112 Å². The first kappa shape index (κ1) is 12.9. The number of nitro groups is 1. The van der Waals surface area contributed by atoms with Crippen molar-refractivity contribution in [2.24, 2.45) is 0 Å². The maximum Gasteiger partial charge on any atom is 0.287 e. The number of aromatic hydroxyl groups is 1. The predicted molar refractivity (Wildman–Crippen MR) is 68.5 cm³/mol. The highest BCUT2D eigenvalue weighted by atomic mass is 35.5. The van der Waals surface area contributed by atoms with Crippen LogP contribution in [-0.4, -0.2) is 20.9 Å². The van der Waals surface area contributed by atoms with Gasteiger partial charge in [0.25, 0.3) is 11.6 Å². The summed E-state index contributed by atoms with van der Waals surface area (Å²) in [5.41, 5.74) is 0.125. The van der Waals surface area contributed by atoms with Crippen LogP contribution in [0.1, 0.15) is 10.5 Å².